The van der Waals surface area contributed by atoms with Crippen molar-refractivity contribution in [1.82, 2.24) is 19.9 Å². The maximum Gasteiger partial charge on any atom is 0.233 e. The molecule has 2 aromatic heterocycles. The van der Waals surface area contributed by atoms with Gasteiger partial charge in [-0.25, -0.2) is 28.4 Å². The second-order valence-corrected chi connectivity index (χ2v) is 7.96. The van der Waals surface area contributed by atoms with Crippen LogP contribution >= 0.6 is 11.6 Å². The Morgan fingerprint density at radius 1 is 1.03 bits per heavy atom. The molecular formula is C18H18ClN5O4S. The zero-order valence-corrected chi connectivity index (χ0v) is 17.2. The Balaban J connectivity index is 2.10. The van der Waals surface area contributed by atoms with E-state index in [0.29, 0.717) is 17.9 Å². The summed E-state index contributed by atoms with van der Waals surface area (Å²) in [4.78, 5) is 16.6. The van der Waals surface area contributed by atoms with E-state index in [2.05, 4.69) is 24.7 Å². The number of hydrogen-bond acceptors (Lipinski definition) is 8. The summed E-state index contributed by atoms with van der Waals surface area (Å²) in [7, 11) is -2.19. The molecule has 0 aliphatic carbocycles. The summed E-state index contributed by atoms with van der Waals surface area (Å²) in [5.74, 6) is 0.718. The van der Waals surface area contributed by atoms with Gasteiger partial charge in [-0.2, -0.15) is 0 Å². The standard InChI is InChI=1S/C18H18ClN5O4S/c1-3-11-29(25,26)24-16-14(28-13-8-5-4-7-12(13)27-2)15(19)22-18(23-16)17-20-9-6-10-21-17/h4-10H,3,11H2,1-2H3,(H,22,23,24). The fourth-order valence-electron chi connectivity index (χ4n) is 2.38. The predicted molar refractivity (Wildman–Crippen MR) is 109 cm³/mol. The smallest absolute Gasteiger partial charge is 0.233 e. The average Bonchev–Trinajstić information content (AvgIpc) is 2.71. The summed E-state index contributed by atoms with van der Waals surface area (Å²) in [5, 5.41) is -0.109. The van der Waals surface area contributed by atoms with Gasteiger partial charge in [-0.1, -0.05) is 30.7 Å². The second-order valence-electron chi connectivity index (χ2n) is 5.76. The number of aromatic nitrogens is 4. The van der Waals surface area contributed by atoms with E-state index in [1.54, 1.807) is 37.3 Å². The minimum Gasteiger partial charge on any atom is -0.493 e. The van der Waals surface area contributed by atoms with Crippen LogP contribution in [0.15, 0.2) is 42.7 Å². The summed E-state index contributed by atoms with van der Waals surface area (Å²) in [6.07, 6.45) is 3.45. The van der Waals surface area contributed by atoms with E-state index < -0.39 is 10.0 Å². The van der Waals surface area contributed by atoms with Crippen molar-refractivity contribution >= 4 is 27.4 Å². The van der Waals surface area contributed by atoms with Crippen LogP contribution in [0.4, 0.5) is 5.82 Å². The van der Waals surface area contributed by atoms with Gasteiger partial charge in [0.1, 0.15) is 0 Å². The number of para-hydroxylation sites is 2. The monoisotopic (exact) mass is 435 g/mol. The molecule has 0 radical (unpaired) electrons. The van der Waals surface area contributed by atoms with E-state index in [4.69, 9.17) is 21.1 Å². The van der Waals surface area contributed by atoms with Crippen LogP contribution in [0.5, 0.6) is 17.2 Å². The lowest BCUT2D eigenvalue weighted by molar-refractivity contribution is 0.378. The molecule has 1 N–H and O–H groups in total. The molecule has 0 saturated heterocycles. The van der Waals surface area contributed by atoms with Gasteiger partial charge in [0.15, 0.2) is 28.3 Å². The van der Waals surface area contributed by atoms with Crippen molar-refractivity contribution in [3.8, 4) is 28.9 Å². The van der Waals surface area contributed by atoms with Gasteiger partial charge < -0.3 is 9.47 Å². The molecule has 3 aromatic rings. The molecular weight excluding hydrogens is 418 g/mol. The largest absolute Gasteiger partial charge is 0.493 e. The number of benzene rings is 1. The molecule has 11 heteroatoms. The van der Waals surface area contributed by atoms with Crippen molar-refractivity contribution in [2.24, 2.45) is 0 Å². The Bertz CT molecular complexity index is 1100. The molecule has 0 amide bonds. The molecule has 29 heavy (non-hydrogen) atoms. The molecule has 0 aliphatic rings. The Hall–Kier alpha value is -2.98. The zero-order chi connectivity index (χ0) is 20.9. The Kier molecular flexibility index (Phi) is 6.45. The number of nitrogens with one attached hydrogen (secondary N) is 1. The minimum atomic E-state index is -3.68. The van der Waals surface area contributed by atoms with Gasteiger partial charge in [-0.3, -0.25) is 4.72 Å². The van der Waals surface area contributed by atoms with Gasteiger partial charge in [-0.05, 0) is 24.6 Å². The van der Waals surface area contributed by atoms with Crippen LogP contribution in [0.25, 0.3) is 11.6 Å². The lowest BCUT2D eigenvalue weighted by atomic mass is 10.3. The minimum absolute atomic E-state index is 0.0529. The van der Waals surface area contributed by atoms with E-state index in [9.17, 15) is 8.42 Å². The Morgan fingerprint density at radius 3 is 2.38 bits per heavy atom. The second kappa shape index (κ2) is 9.01. The molecule has 0 saturated carbocycles. The fraction of sp³-hybridized carbons (Fsp3) is 0.222. The van der Waals surface area contributed by atoms with E-state index in [-0.39, 0.29) is 34.1 Å². The van der Waals surface area contributed by atoms with Gasteiger partial charge in [0, 0.05) is 12.4 Å². The zero-order valence-electron chi connectivity index (χ0n) is 15.7. The fourth-order valence-corrected chi connectivity index (χ4v) is 3.66. The first-order chi connectivity index (χ1) is 13.9. The summed E-state index contributed by atoms with van der Waals surface area (Å²) in [5.41, 5.74) is 0. The highest BCUT2D eigenvalue weighted by molar-refractivity contribution is 7.92. The van der Waals surface area contributed by atoms with E-state index in [1.807, 2.05) is 0 Å². The normalized spacial score (nSPS) is 11.1. The van der Waals surface area contributed by atoms with Crippen molar-refractivity contribution in [2.75, 3.05) is 17.6 Å². The van der Waals surface area contributed by atoms with E-state index in [1.165, 1.54) is 19.5 Å². The third kappa shape index (κ3) is 5.09. The maximum absolute atomic E-state index is 12.4. The molecule has 3 rings (SSSR count). The van der Waals surface area contributed by atoms with Crippen molar-refractivity contribution in [3.63, 3.8) is 0 Å². The quantitative estimate of drug-likeness (QED) is 0.534. The Labute approximate surface area is 173 Å². The van der Waals surface area contributed by atoms with Crippen LogP contribution in [0.2, 0.25) is 5.15 Å². The summed E-state index contributed by atoms with van der Waals surface area (Å²) < 4.78 is 38.2. The van der Waals surface area contributed by atoms with Gasteiger partial charge in [0.05, 0.1) is 12.9 Å². The topological polar surface area (TPSA) is 116 Å². The highest BCUT2D eigenvalue weighted by Gasteiger charge is 2.22. The summed E-state index contributed by atoms with van der Waals surface area (Å²) in [6.45, 7) is 1.75. The first kappa shape index (κ1) is 20.7. The molecule has 2 heterocycles. The van der Waals surface area contributed by atoms with E-state index in [0.717, 1.165) is 0 Å². The van der Waals surface area contributed by atoms with Gasteiger partial charge in [-0.15, -0.1) is 0 Å². The van der Waals surface area contributed by atoms with Gasteiger partial charge in [0.2, 0.25) is 21.6 Å². The number of hydrogen-bond donors (Lipinski definition) is 1. The van der Waals surface area contributed by atoms with E-state index >= 15 is 0 Å². The van der Waals surface area contributed by atoms with Crippen LogP contribution in [-0.4, -0.2) is 41.2 Å². The molecule has 0 aliphatic heterocycles. The summed E-state index contributed by atoms with van der Waals surface area (Å²) >= 11 is 6.33. The first-order valence-electron chi connectivity index (χ1n) is 8.59. The molecule has 0 unspecified atom stereocenters. The number of methoxy groups -OCH3 is 1. The highest BCUT2D eigenvalue weighted by atomic mass is 35.5. The van der Waals surface area contributed by atoms with Gasteiger partial charge in [0.25, 0.3) is 0 Å². The van der Waals surface area contributed by atoms with Crippen LogP contribution in [-0.2, 0) is 10.0 Å². The number of ether oxygens (including phenoxy) is 2. The number of halogens is 1. The van der Waals surface area contributed by atoms with Crippen LogP contribution < -0.4 is 14.2 Å². The number of sulfonamides is 1. The molecule has 152 valence electrons. The molecule has 0 fully saturated rings. The SMILES string of the molecule is CCCS(=O)(=O)Nc1nc(-c2ncccn2)nc(Cl)c1Oc1ccccc1OC. The third-order valence-electron chi connectivity index (χ3n) is 3.60. The predicted octanol–water partition coefficient (Wildman–Crippen LogP) is 3.54. The number of rotatable bonds is 8. The molecule has 0 bridgehead atoms. The molecule has 0 spiro atoms. The van der Waals surface area contributed by atoms with Crippen molar-refractivity contribution in [1.29, 1.82) is 0 Å². The average molecular weight is 436 g/mol. The number of nitrogens with zero attached hydrogens (tertiary/aromatic N) is 4. The van der Waals surface area contributed by atoms with Crippen LogP contribution in [0.3, 0.4) is 0 Å². The Morgan fingerprint density at radius 2 is 1.72 bits per heavy atom. The van der Waals surface area contributed by atoms with Crippen LogP contribution in [0.1, 0.15) is 13.3 Å². The highest BCUT2D eigenvalue weighted by Crippen LogP contribution is 2.39. The first-order valence-corrected chi connectivity index (χ1v) is 10.6. The molecule has 1 aromatic carbocycles. The maximum atomic E-state index is 12.4. The lowest BCUT2D eigenvalue weighted by Crippen LogP contribution is -2.18. The van der Waals surface area contributed by atoms with Crippen molar-refractivity contribution < 1.29 is 17.9 Å². The third-order valence-corrected chi connectivity index (χ3v) is 5.30. The lowest BCUT2D eigenvalue weighted by Gasteiger charge is -2.15. The van der Waals surface area contributed by atoms with Gasteiger partial charge >= 0.3 is 0 Å². The van der Waals surface area contributed by atoms with Crippen molar-refractivity contribution in [2.45, 2.75) is 13.3 Å². The van der Waals surface area contributed by atoms with Crippen LogP contribution in [0, 0.1) is 0 Å². The summed E-state index contributed by atoms with van der Waals surface area (Å²) in [6, 6.07) is 8.48. The number of anilines is 1. The molecule has 0 atom stereocenters. The molecule has 9 nitrogen and oxygen atoms in total. The van der Waals surface area contributed by atoms with Crippen molar-refractivity contribution in [3.05, 3.63) is 47.9 Å².